The molecule has 276 valence electrons. The average molecular weight is 847 g/mol. The van der Waals surface area contributed by atoms with Crippen LogP contribution in [0.5, 0.6) is 0 Å². The first-order valence-corrected chi connectivity index (χ1v) is 30.9. The first-order valence-electron chi connectivity index (χ1n) is 18.4. The number of benzene rings is 4. The zero-order valence-electron chi connectivity index (χ0n) is 33.0. The molecule has 2 aromatic heterocycles. The summed E-state index contributed by atoms with van der Waals surface area (Å²) in [6.07, 6.45) is 0. The molecule has 0 saturated carbocycles. The Morgan fingerprint density at radius 3 is 1.20 bits per heavy atom. The molecule has 0 spiro atoms. The number of furan rings is 2. The van der Waals surface area contributed by atoms with Gasteiger partial charge in [0.25, 0.3) is 0 Å². The van der Waals surface area contributed by atoms with Crippen molar-refractivity contribution in [2.45, 2.75) is 68.5 Å². The number of aryl methyl sites for hydroxylation is 8. The van der Waals surface area contributed by atoms with Crippen LogP contribution < -0.4 is 0 Å². The van der Waals surface area contributed by atoms with Gasteiger partial charge < -0.3 is 8.83 Å². The largest absolute Gasteiger partial charge is 0.496 e. The van der Waals surface area contributed by atoms with Gasteiger partial charge in [-0.25, -0.2) is 0 Å². The van der Waals surface area contributed by atoms with Crippen molar-refractivity contribution in [1.29, 1.82) is 0 Å². The molecular formula is C48H48Cl2O2SiZr-2. The summed E-state index contributed by atoms with van der Waals surface area (Å²) >= 11 is -1.65. The Hall–Kier alpha value is -3.66. The van der Waals surface area contributed by atoms with Gasteiger partial charge in [0.15, 0.2) is 0 Å². The minimum Gasteiger partial charge on any atom is -0.496 e. The summed E-state index contributed by atoms with van der Waals surface area (Å²) < 4.78 is 11.8. The van der Waals surface area contributed by atoms with Crippen LogP contribution in [-0.4, -0.2) is 5.43 Å². The number of halogens is 2. The van der Waals surface area contributed by atoms with Crippen molar-refractivity contribution in [3.63, 3.8) is 0 Å². The maximum atomic E-state index is 5.92. The molecule has 0 saturated heterocycles. The molecule has 0 aliphatic carbocycles. The van der Waals surface area contributed by atoms with Crippen LogP contribution in [0.15, 0.2) is 118 Å². The van der Waals surface area contributed by atoms with Crippen LogP contribution in [0.25, 0.3) is 66.4 Å². The topological polar surface area (TPSA) is 26.3 Å². The van der Waals surface area contributed by atoms with E-state index in [0.717, 1.165) is 34.2 Å². The SMILES string of the molecule is C[Si](C)=[Zr]([Cl])[Cl].Cc1cccc(-c2c(C)ccc3[cH-]c(-c4cc(C)c(C)o4)cc23)c1.Cc1cccc(-c2c(C)ccc3[cH-]c(-c4cc(C)c(C)o4)cc23)c1. The average Bonchev–Trinajstić information content (AvgIpc) is 3.91. The van der Waals surface area contributed by atoms with Crippen molar-refractivity contribution in [2.75, 3.05) is 0 Å². The molecule has 0 N–H and O–H groups in total. The van der Waals surface area contributed by atoms with Gasteiger partial charge in [-0.05, 0) is 101 Å². The van der Waals surface area contributed by atoms with E-state index in [1.54, 1.807) is 0 Å². The first kappa shape index (κ1) is 40.0. The molecule has 8 aromatic rings. The van der Waals surface area contributed by atoms with E-state index in [9.17, 15) is 0 Å². The molecule has 0 bridgehead atoms. The van der Waals surface area contributed by atoms with Crippen LogP contribution in [-0.2, 0) is 18.0 Å². The Bertz CT molecular complexity index is 2420. The quantitative estimate of drug-likeness (QED) is 0.130. The van der Waals surface area contributed by atoms with E-state index in [2.05, 4.69) is 164 Å². The normalized spacial score (nSPS) is 11.0. The van der Waals surface area contributed by atoms with E-state index in [-0.39, 0.29) is 5.43 Å². The fourth-order valence-electron chi connectivity index (χ4n) is 6.86. The van der Waals surface area contributed by atoms with E-state index in [0.29, 0.717) is 0 Å². The summed E-state index contributed by atoms with van der Waals surface area (Å²) in [5.41, 5.74) is 14.9. The second kappa shape index (κ2) is 17.0. The van der Waals surface area contributed by atoms with Crippen molar-refractivity contribution in [3.05, 3.63) is 154 Å². The second-order valence-electron chi connectivity index (χ2n) is 14.7. The first-order chi connectivity index (χ1) is 25.7. The smallest absolute Gasteiger partial charge is 0.0925 e. The van der Waals surface area contributed by atoms with Crippen LogP contribution in [0.3, 0.4) is 0 Å². The van der Waals surface area contributed by atoms with E-state index in [1.165, 1.54) is 77.2 Å². The van der Waals surface area contributed by atoms with Gasteiger partial charge in [0.2, 0.25) is 0 Å². The summed E-state index contributed by atoms with van der Waals surface area (Å²) in [5.74, 6) is 3.89. The van der Waals surface area contributed by atoms with Crippen molar-refractivity contribution >= 4 is 44.0 Å². The Kier molecular flexibility index (Phi) is 12.6. The maximum Gasteiger partial charge on any atom is 0.0925 e. The van der Waals surface area contributed by atoms with Crippen molar-refractivity contribution in [2.24, 2.45) is 0 Å². The molecule has 0 unspecified atom stereocenters. The van der Waals surface area contributed by atoms with Crippen LogP contribution in [0.1, 0.15) is 44.9 Å². The van der Waals surface area contributed by atoms with Gasteiger partial charge in [-0.15, -0.1) is 57.9 Å². The number of hydrogen-bond donors (Lipinski definition) is 0. The maximum absolute atomic E-state index is 5.92. The van der Waals surface area contributed by atoms with Crippen LogP contribution >= 0.6 is 17.0 Å². The fraction of sp³-hybridized carbons (Fsp3) is 0.208. The predicted molar refractivity (Wildman–Crippen MR) is 232 cm³/mol. The minimum atomic E-state index is -1.65. The third-order valence-electron chi connectivity index (χ3n) is 10.1. The Balaban J connectivity index is 0.000000160. The van der Waals surface area contributed by atoms with E-state index < -0.39 is 18.0 Å². The number of hydrogen-bond acceptors (Lipinski definition) is 2. The fourth-order valence-corrected chi connectivity index (χ4v) is 6.86. The molecule has 6 aromatic carbocycles. The van der Waals surface area contributed by atoms with Gasteiger partial charge in [-0.1, -0.05) is 94.0 Å². The number of fused-ring (bicyclic) bond motifs is 2. The molecule has 8 rings (SSSR count). The van der Waals surface area contributed by atoms with Crippen LogP contribution in [0, 0.1) is 55.4 Å². The predicted octanol–water partition coefficient (Wildman–Crippen LogP) is 15.6. The standard InChI is InChI=1S/2C23H21O.C2H6Si.2ClH.Zr/c2*1-14-6-5-7-19(10-14)23-15(2)8-9-18-12-20(13-21(18)23)22-11-16(3)17(4)24-22;1-3-2;;;/h2*5-13H,1-4H3;1-2H3;2*1H;/q2*-1;;;;+2/p-2. The molecule has 2 nitrogen and oxygen atoms in total. The molecule has 0 radical (unpaired) electrons. The summed E-state index contributed by atoms with van der Waals surface area (Å²) in [5, 5.41) is 5.11. The molecule has 6 heteroatoms. The third kappa shape index (κ3) is 8.90. The van der Waals surface area contributed by atoms with Gasteiger partial charge in [0.05, 0.1) is 23.0 Å². The molecule has 0 aliphatic heterocycles. The van der Waals surface area contributed by atoms with Gasteiger partial charge in [0, 0.05) is 0 Å². The molecule has 0 fully saturated rings. The van der Waals surface area contributed by atoms with Gasteiger partial charge in [-0.2, -0.15) is 0 Å². The molecule has 0 amide bonds. The van der Waals surface area contributed by atoms with E-state index in [1.807, 2.05) is 13.8 Å². The van der Waals surface area contributed by atoms with E-state index >= 15 is 0 Å². The third-order valence-corrected chi connectivity index (χ3v) is 29.8. The summed E-state index contributed by atoms with van der Waals surface area (Å²) in [6, 6.07) is 39.5. The molecule has 0 atom stereocenters. The van der Waals surface area contributed by atoms with Gasteiger partial charge in [0.1, 0.15) is 0 Å². The zero-order valence-corrected chi connectivity index (χ0v) is 37.9. The monoisotopic (exact) mass is 844 g/mol. The van der Waals surface area contributed by atoms with Gasteiger partial charge >= 0.3 is 53.5 Å². The summed E-state index contributed by atoms with van der Waals surface area (Å²) in [4.78, 5) is 0. The van der Waals surface area contributed by atoms with E-state index in [4.69, 9.17) is 25.9 Å². The second-order valence-corrected chi connectivity index (χ2v) is 37.7. The summed E-state index contributed by atoms with van der Waals surface area (Å²) in [7, 11) is 11.2. The summed E-state index contributed by atoms with van der Waals surface area (Å²) in [6.45, 7) is 21.2. The Morgan fingerprint density at radius 1 is 0.500 bits per heavy atom. The Morgan fingerprint density at radius 2 is 0.889 bits per heavy atom. The molecule has 2 heterocycles. The van der Waals surface area contributed by atoms with Gasteiger partial charge in [-0.3, -0.25) is 0 Å². The van der Waals surface area contributed by atoms with Crippen molar-refractivity contribution < 1.29 is 26.8 Å². The van der Waals surface area contributed by atoms with Crippen molar-refractivity contribution in [3.8, 4) is 44.9 Å². The van der Waals surface area contributed by atoms with Crippen LogP contribution in [0.2, 0.25) is 13.1 Å². The minimum absolute atomic E-state index is 0.224. The van der Waals surface area contributed by atoms with Crippen LogP contribution in [0.4, 0.5) is 0 Å². The Labute approximate surface area is 335 Å². The molecule has 0 aliphatic rings. The molecular weight excluding hydrogens is 799 g/mol. The number of rotatable bonds is 4. The zero-order chi connectivity index (χ0) is 38.8. The van der Waals surface area contributed by atoms with Crippen molar-refractivity contribution in [1.82, 2.24) is 0 Å². The molecule has 54 heavy (non-hydrogen) atoms.